The van der Waals surface area contributed by atoms with Crippen molar-refractivity contribution in [2.24, 2.45) is 0 Å². The quantitative estimate of drug-likeness (QED) is 0.759. The average molecular weight is 212 g/mol. The molecule has 1 aromatic carbocycles. The molecule has 0 saturated carbocycles. The normalized spacial score (nSPS) is 12.1. The van der Waals surface area contributed by atoms with E-state index in [9.17, 15) is 4.39 Å². The Balaban J connectivity index is 2.95. The Labute approximate surface area is 88.3 Å². The monoisotopic (exact) mass is 211 g/mol. The Morgan fingerprint density at radius 1 is 1.64 bits per heavy atom. The summed E-state index contributed by atoms with van der Waals surface area (Å²) in [5, 5.41) is 3.16. The van der Waals surface area contributed by atoms with Crippen LogP contribution in [0.2, 0.25) is 5.02 Å². The Morgan fingerprint density at radius 3 is 2.86 bits per heavy atom. The van der Waals surface area contributed by atoms with Crippen LogP contribution in [0.5, 0.6) is 0 Å². The van der Waals surface area contributed by atoms with Crippen molar-refractivity contribution in [3.05, 3.63) is 34.6 Å². The van der Waals surface area contributed by atoms with Gasteiger partial charge in [0.1, 0.15) is 5.82 Å². The van der Waals surface area contributed by atoms with Gasteiger partial charge in [-0.2, -0.15) is 0 Å². The third kappa shape index (κ3) is 2.47. The van der Waals surface area contributed by atoms with Crippen LogP contribution in [-0.2, 0) is 0 Å². The van der Waals surface area contributed by atoms with Gasteiger partial charge in [-0.15, -0.1) is 6.42 Å². The Kier molecular flexibility index (Phi) is 3.94. The van der Waals surface area contributed by atoms with Crippen LogP contribution in [0.25, 0.3) is 0 Å². The topological polar surface area (TPSA) is 12.0 Å². The van der Waals surface area contributed by atoms with Crippen LogP contribution in [0.1, 0.15) is 18.5 Å². The van der Waals surface area contributed by atoms with E-state index in [4.69, 9.17) is 18.0 Å². The number of benzene rings is 1. The minimum absolute atomic E-state index is 0.112. The maximum Gasteiger partial charge on any atom is 0.142 e. The zero-order chi connectivity index (χ0) is 10.6. The lowest BCUT2D eigenvalue weighted by atomic mass is 10.1. The van der Waals surface area contributed by atoms with Crippen LogP contribution in [0.15, 0.2) is 18.2 Å². The molecule has 0 aromatic heterocycles. The average Bonchev–Trinajstić information content (AvgIpc) is 2.19. The van der Waals surface area contributed by atoms with E-state index in [0.29, 0.717) is 0 Å². The molecule has 3 heteroatoms. The number of hydrogen-bond donors (Lipinski definition) is 1. The number of terminal acetylenes is 1. The number of nitrogens with one attached hydrogen (secondary N) is 1. The van der Waals surface area contributed by atoms with Crippen LogP contribution in [-0.4, -0.2) is 6.54 Å². The minimum Gasteiger partial charge on any atom is -0.300 e. The van der Waals surface area contributed by atoms with Crippen LogP contribution in [0, 0.1) is 18.2 Å². The van der Waals surface area contributed by atoms with Gasteiger partial charge in [0, 0.05) is 0 Å². The predicted octanol–water partition coefficient (Wildman–Crippen LogP) is 2.76. The van der Waals surface area contributed by atoms with Crippen molar-refractivity contribution in [2.75, 3.05) is 6.54 Å². The van der Waals surface area contributed by atoms with Crippen LogP contribution in [0.4, 0.5) is 4.39 Å². The second kappa shape index (κ2) is 4.99. The first-order valence-electron chi connectivity index (χ1n) is 4.33. The summed E-state index contributed by atoms with van der Waals surface area (Å²) in [7, 11) is 0. The lowest BCUT2D eigenvalue weighted by Gasteiger charge is -2.11. The zero-order valence-corrected chi connectivity index (χ0v) is 8.61. The van der Waals surface area contributed by atoms with Crippen molar-refractivity contribution in [2.45, 2.75) is 13.0 Å². The summed E-state index contributed by atoms with van der Waals surface area (Å²) in [5.74, 6) is 2.10. The molecule has 0 aliphatic rings. The first kappa shape index (κ1) is 11.0. The zero-order valence-electron chi connectivity index (χ0n) is 7.85. The number of hydrogen-bond acceptors (Lipinski definition) is 1. The van der Waals surface area contributed by atoms with Crippen molar-refractivity contribution >= 4 is 11.6 Å². The second-order valence-electron chi connectivity index (χ2n) is 2.83. The largest absolute Gasteiger partial charge is 0.300 e. The van der Waals surface area contributed by atoms with Crippen molar-refractivity contribution in [3.63, 3.8) is 0 Å². The van der Waals surface area contributed by atoms with E-state index in [0.717, 1.165) is 12.1 Å². The second-order valence-corrected chi connectivity index (χ2v) is 3.24. The van der Waals surface area contributed by atoms with E-state index < -0.39 is 5.82 Å². The highest BCUT2D eigenvalue weighted by Crippen LogP contribution is 2.19. The first-order chi connectivity index (χ1) is 6.69. The fourth-order valence-corrected chi connectivity index (χ4v) is 1.29. The van der Waals surface area contributed by atoms with Gasteiger partial charge in [0.15, 0.2) is 0 Å². The first-order valence-corrected chi connectivity index (χ1v) is 4.71. The molecule has 0 amide bonds. The molecule has 0 aliphatic carbocycles. The molecule has 1 rings (SSSR count). The van der Waals surface area contributed by atoms with Crippen molar-refractivity contribution < 1.29 is 4.39 Å². The lowest BCUT2D eigenvalue weighted by Crippen LogP contribution is -2.19. The molecule has 0 spiro atoms. The summed E-state index contributed by atoms with van der Waals surface area (Å²) < 4.78 is 13.1. The standard InChI is InChI=1S/C11H11ClFN/c1-3-11(14-4-2)8-5-6-9(12)10(13)7-8/h1,5-7,11,14H,4H2,2H3. The minimum atomic E-state index is -0.442. The van der Waals surface area contributed by atoms with Crippen molar-refractivity contribution in [1.29, 1.82) is 0 Å². The highest BCUT2D eigenvalue weighted by Gasteiger charge is 2.08. The van der Waals surface area contributed by atoms with Gasteiger partial charge < -0.3 is 5.32 Å². The summed E-state index contributed by atoms with van der Waals surface area (Å²) in [5.41, 5.74) is 0.719. The molecule has 0 fully saturated rings. The van der Waals surface area contributed by atoms with E-state index in [1.807, 2.05) is 6.92 Å². The van der Waals surface area contributed by atoms with Crippen LogP contribution >= 0.6 is 11.6 Å². The Bertz CT molecular complexity index is 357. The summed E-state index contributed by atoms with van der Waals surface area (Å²) >= 11 is 5.56. The van der Waals surface area contributed by atoms with E-state index in [2.05, 4.69) is 11.2 Å². The van der Waals surface area contributed by atoms with Crippen LogP contribution in [0.3, 0.4) is 0 Å². The fourth-order valence-electron chi connectivity index (χ4n) is 1.17. The van der Waals surface area contributed by atoms with E-state index in [1.165, 1.54) is 12.1 Å². The lowest BCUT2D eigenvalue weighted by molar-refractivity contribution is 0.615. The van der Waals surface area contributed by atoms with Gasteiger partial charge in [-0.3, -0.25) is 0 Å². The maximum atomic E-state index is 13.1. The smallest absolute Gasteiger partial charge is 0.142 e. The molecule has 1 N–H and O–H groups in total. The Hall–Kier alpha value is -1.04. The van der Waals surface area contributed by atoms with Gasteiger partial charge in [0.2, 0.25) is 0 Å². The van der Waals surface area contributed by atoms with E-state index in [1.54, 1.807) is 6.07 Å². The summed E-state index contributed by atoms with van der Waals surface area (Å²) in [6.07, 6.45) is 5.31. The number of halogens is 2. The predicted molar refractivity (Wildman–Crippen MR) is 56.7 cm³/mol. The van der Waals surface area contributed by atoms with Gasteiger partial charge in [0.25, 0.3) is 0 Å². The fraction of sp³-hybridized carbons (Fsp3) is 0.273. The molecule has 1 nitrogen and oxygen atoms in total. The molecular formula is C11H11ClFN. The van der Waals surface area contributed by atoms with Gasteiger partial charge in [-0.25, -0.2) is 4.39 Å². The maximum absolute atomic E-state index is 13.1. The Morgan fingerprint density at radius 2 is 2.36 bits per heavy atom. The van der Waals surface area contributed by atoms with Gasteiger partial charge in [-0.05, 0) is 24.2 Å². The van der Waals surface area contributed by atoms with Crippen molar-refractivity contribution in [3.8, 4) is 12.3 Å². The van der Waals surface area contributed by atoms with Crippen LogP contribution < -0.4 is 5.32 Å². The molecule has 0 aliphatic heterocycles. The SMILES string of the molecule is C#CC(NCC)c1ccc(Cl)c(F)c1. The summed E-state index contributed by atoms with van der Waals surface area (Å²) in [4.78, 5) is 0. The van der Waals surface area contributed by atoms with Crippen molar-refractivity contribution in [1.82, 2.24) is 5.32 Å². The molecule has 74 valence electrons. The van der Waals surface area contributed by atoms with E-state index in [-0.39, 0.29) is 11.1 Å². The molecule has 1 unspecified atom stereocenters. The third-order valence-electron chi connectivity index (χ3n) is 1.85. The highest BCUT2D eigenvalue weighted by molar-refractivity contribution is 6.30. The molecule has 0 saturated heterocycles. The summed E-state index contributed by atoms with van der Waals surface area (Å²) in [6.45, 7) is 2.68. The molecule has 0 heterocycles. The number of rotatable bonds is 3. The molecule has 0 bridgehead atoms. The third-order valence-corrected chi connectivity index (χ3v) is 2.16. The van der Waals surface area contributed by atoms with E-state index >= 15 is 0 Å². The van der Waals surface area contributed by atoms with Gasteiger partial charge in [-0.1, -0.05) is 30.5 Å². The molecule has 1 aromatic rings. The van der Waals surface area contributed by atoms with Gasteiger partial charge in [0.05, 0.1) is 11.1 Å². The molecule has 0 radical (unpaired) electrons. The van der Waals surface area contributed by atoms with Gasteiger partial charge >= 0.3 is 0 Å². The molecule has 1 atom stereocenters. The molecule has 14 heavy (non-hydrogen) atoms. The highest BCUT2D eigenvalue weighted by atomic mass is 35.5. The molecular weight excluding hydrogens is 201 g/mol. The summed E-state index contributed by atoms with van der Waals surface area (Å²) in [6, 6.07) is 4.33.